The number of rotatable bonds is 3. The van der Waals surface area contributed by atoms with E-state index in [1.165, 1.54) is 0 Å². The average molecular weight is 453 g/mol. The number of H-pyrrole nitrogens is 1. The minimum atomic E-state index is -0.526. The number of nitrogens with zero attached hydrogens (tertiary/aromatic N) is 2. The van der Waals surface area contributed by atoms with E-state index in [1.807, 2.05) is 6.07 Å². The van der Waals surface area contributed by atoms with E-state index in [0.717, 1.165) is 4.47 Å². The zero-order chi connectivity index (χ0) is 17.3. The maximum Gasteiger partial charge on any atom is 0.295 e. The first-order chi connectivity index (χ1) is 11.5. The molecule has 0 saturated carbocycles. The molecule has 0 aliphatic carbocycles. The van der Waals surface area contributed by atoms with E-state index in [1.54, 1.807) is 37.4 Å². The molecule has 2 aromatic carbocycles. The molecule has 0 spiro atoms. The summed E-state index contributed by atoms with van der Waals surface area (Å²) in [5.74, 6) is -0.0553. The van der Waals surface area contributed by atoms with Crippen molar-refractivity contribution in [3.63, 3.8) is 0 Å². The van der Waals surface area contributed by atoms with Gasteiger partial charge in [0.05, 0.1) is 17.1 Å². The molecule has 3 rings (SSSR count). The van der Waals surface area contributed by atoms with Gasteiger partial charge in [0.1, 0.15) is 5.75 Å². The molecule has 0 bridgehead atoms. The van der Waals surface area contributed by atoms with Gasteiger partial charge in [-0.2, -0.15) is 0 Å². The van der Waals surface area contributed by atoms with Crippen molar-refractivity contribution in [1.29, 1.82) is 0 Å². The number of hydrogen-bond acceptors (Lipinski definition) is 4. The third-order valence-corrected chi connectivity index (χ3v) is 4.47. The second-order valence-electron chi connectivity index (χ2n) is 4.87. The van der Waals surface area contributed by atoms with E-state index in [0.29, 0.717) is 26.7 Å². The number of carbonyl (C=O) groups excluding carboxylic acids is 1. The lowest BCUT2D eigenvalue weighted by Gasteiger charge is -2.03. The van der Waals surface area contributed by atoms with Crippen molar-refractivity contribution in [3.8, 4) is 11.6 Å². The highest BCUT2D eigenvalue weighted by Crippen LogP contribution is 2.37. The summed E-state index contributed by atoms with van der Waals surface area (Å²) in [4.78, 5) is 15.0. The molecular formula is C16H11Br2N3O3. The molecule has 1 heterocycles. The fraction of sp³-hybridized carbons (Fsp3) is 0.0625. The zero-order valence-electron chi connectivity index (χ0n) is 12.4. The molecule has 0 atom stereocenters. The normalized spacial score (nSPS) is 11.3. The number of methoxy groups -OCH3 is 1. The molecule has 0 aliphatic heterocycles. The summed E-state index contributed by atoms with van der Waals surface area (Å²) in [5.41, 5.74) is 1.27. The number of aromatic hydroxyl groups is 1. The lowest BCUT2D eigenvalue weighted by molar-refractivity contribution is 0.0995. The van der Waals surface area contributed by atoms with Crippen LogP contribution in [0.4, 0.5) is 5.69 Å². The van der Waals surface area contributed by atoms with E-state index < -0.39 is 5.91 Å². The van der Waals surface area contributed by atoms with Gasteiger partial charge in [0, 0.05) is 15.4 Å². The predicted molar refractivity (Wildman–Crippen MR) is 97.2 cm³/mol. The lowest BCUT2D eigenvalue weighted by Crippen LogP contribution is -1.94. The maximum absolute atomic E-state index is 12.2. The molecule has 2 N–H and O–H groups in total. The van der Waals surface area contributed by atoms with Crippen LogP contribution in [0.15, 0.2) is 55.6 Å². The molecule has 0 saturated heterocycles. The van der Waals surface area contributed by atoms with Gasteiger partial charge in [-0.1, -0.05) is 15.9 Å². The van der Waals surface area contributed by atoms with Crippen molar-refractivity contribution in [2.24, 2.45) is 10.2 Å². The summed E-state index contributed by atoms with van der Waals surface area (Å²) in [6.45, 7) is 0. The molecule has 8 heteroatoms. The van der Waals surface area contributed by atoms with Crippen LogP contribution in [0, 0.1) is 0 Å². The average Bonchev–Trinajstić information content (AvgIpc) is 2.87. The lowest BCUT2D eigenvalue weighted by atomic mass is 10.2. The Kier molecular flexibility index (Phi) is 4.68. The fourth-order valence-corrected chi connectivity index (χ4v) is 3.09. The summed E-state index contributed by atoms with van der Waals surface area (Å²) in [6.07, 6.45) is 0. The highest BCUT2D eigenvalue weighted by Gasteiger charge is 2.13. The highest BCUT2D eigenvalue weighted by atomic mass is 79.9. The molecule has 0 aliphatic rings. The Balaban J connectivity index is 1.93. The Morgan fingerprint density at radius 3 is 2.71 bits per heavy atom. The van der Waals surface area contributed by atoms with Crippen molar-refractivity contribution in [3.05, 3.63) is 50.9 Å². The summed E-state index contributed by atoms with van der Waals surface area (Å²) in [5, 5.41) is 18.2. The number of benzene rings is 2. The van der Waals surface area contributed by atoms with Crippen LogP contribution in [0.3, 0.4) is 0 Å². The van der Waals surface area contributed by atoms with E-state index in [4.69, 9.17) is 4.74 Å². The number of hydrogen-bond donors (Lipinski definition) is 2. The SMILES string of the molecule is COc1ccc(C(=O)N=Nc2c(O)[nH]c3ccc(Br)cc23)cc1Br. The fourth-order valence-electron chi connectivity index (χ4n) is 2.19. The van der Waals surface area contributed by atoms with Gasteiger partial charge < -0.3 is 14.8 Å². The third-order valence-electron chi connectivity index (χ3n) is 3.35. The van der Waals surface area contributed by atoms with Gasteiger partial charge in [-0.15, -0.1) is 10.2 Å². The zero-order valence-corrected chi connectivity index (χ0v) is 15.6. The van der Waals surface area contributed by atoms with Crippen molar-refractivity contribution in [2.45, 2.75) is 0 Å². The van der Waals surface area contributed by atoms with E-state index in [9.17, 15) is 9.90 Å². The standard InChI is InChI=1S/C16H11Br2N3O3/c1-24-13-5-2-8(6-11(13)18)15(22)21-20-14-10-7-9(17)3-4-12(10)19-16(14)23/h2-7,19,23H,1H3. The van der Waals surface area contributed by atoms with Crippen molar-refractivity contribution in [1.82, 2.24) is 4.98 Å². The van der Waals surface area contributed by atoms with Crippen LogP contribution in [0.25, 0.3) is 10.9 Å². The number of ether oxygens (including phenoxy) is 1. The van der Waals surface area contributed by atoms with E-state index in [2.05, 4.69) is 47.1 Å². The summed E-state index contributed by atoms with van der Waals surface area (Å²) >= 11 is 6.68. The Morgan fingerprint density at radius 2 is 2.00 bits per heavy atom. The highest BCUT2D eigenvalue weighted by molar-refractivity contribution is 9.10. The molecule has 3 aromatic rings. The van der Waals surface area contributed by atoms with Gasteiger partial charge in [-0.25, -0.2) is 0 Å². The number of carbonyl (C=O) groups is 1. The minimum Gasteiger partial charge on any atom is -0.496 e. The number of fused-ring (bicyclic) bond motifs is 1. The van der Waals surface area contributed by atoms with Gasteiger partial charge in [0.15, 0.2) is 5.69 Å². The molecule has 122 valence electrons. The van der Waals surface area contributed by atoms with Crippen LogP contribution in [0.2, 0.25) is 0 Å². The summed E-state index contributed by atoms with van der Waals surface area (Å²) < 4.78 is 6.59. The monoisotopic (exact) mass is 451 g/mol. The second kappa shape index (κ2) is 6.74. The van der Waals surface area contributed by atoms with E-state index in [-0.39, 0.29) is 11.6 Å². The van der Waals surface area contributed by atoms with Crippen LogP contribution < -0.4 is 4.74 Å². The Morgan fingerprint density at radius 1 is 1.21 bits per heavy atom. The number of amides is 1. The van der Waals surface area contributed by atoms with Gasteiger partial charge in [-0.05, 0) is 52.3 Å². The number of nitrogens with one attached hydrogen (secondary N) is 1. The smallest absolute Gasteiger partial charge is 0.295 e. The molecule has 1 amide bonds. The molecule has 0 radical (unpaired) electrons. The molecule has 0 fully saturated rings. The molecule has 0 unspecified atom stereocenters. The maximum atomic E-state index is 12.2. The Bertz CT molecular complexity index is 967. The number of aromatic nitrogens is 1. The first-order valence-electron chi connectivity index (χ1n) is 6.79. The number of azo groups is 1. The molecule has 1 aromatic heterocycles. The number of halogens is 2. The van der Waals surface area contributed by atoms with Crippen molar-refractivity contribution in [2.75, 3.05) is 7.11 Å². The van der Waals surface area contributed by atoms with Gasteiger partial charge in [-0.3, -0.25) is 4.79 Å². The summed E-state index contributed by atoms with van der Waals surface area (Å²) in [7, 11) is 1.54. The van der Waals surface area contributed by atoms with E-state index >= 15 is 0 Å². The van der Waals surface area contributed by atoms with Crippen LogP contribution in [-0.2, 0) is 0 Å². The Labute approximate surface area is 153 Å². The predicted octanol–water partition coefficient (Wildman–Crippen LogP) is 5.33. The first kappa shape index (κ1) is 16.7. The molecule has 24 heavy (non-hydrogen) atoms. The second-order valence-corrected chi connectivity index (χ2v) is 6.64. The largest absolute Gasteiger partial charge is 0.496 e. The first-order valence-corrected chi connectivity index (χ1v) is 8.38. The summed E-state index contributed by atoms with van der Waals surface area (Å²) in [6, 6.07) is 10.3. The van der Waals surface area contributed by atoms with Gasteiger partial charge >= 0.3 is 0 Å². The van der Waals surface area contributed by atoms with Crippen LogP contribution in [-0.4, -0.2) is 23.1 Å². The van der Waals surface area contributed by atoms with Crippen molar-refractivity contribution < 1.29 is 14.6 Å². The van der Waals surface area contributed by atoms with Crippen LogP contribution in [0.5, 0.6) is 11.6 Å². The van der Waals surface area contributed by atoms with Gasteiger partial charge in [0.25, 0.3) is 5.91 Å². The van der Waals surface area contributed by atoms with Crippen molar-refractivity contribution >= 4 is 54.4 Å². The number of aromatic amines is 1. The molecular weight excluding hydrogens is 442 g/mol. The quantitative estimate of drug-likeness (QED) is 0.526. The molecule has 6 nitrogen and oxygen atoms in total. The Hall–Kier alpha value is -2.19. The van der Waals surface area contributed by atoms with Gasteiger partial charge in [0.2, 0.25) is 5.88 Å². The minimum absolute atomic E-state index is 0.143. The van der Waals surface area contributed by atoms with Crippen LogP contribution >= 0.6 is 31.9 Å². The topological polar surface area (TPSA) is 87.0 Å². The van der Waals surface area contributed by atoms with Crippen LogP contribution in [0.1, 0.15) is 10.4 Å². The third kappa shape index (κ3) is 3.20.